The monoisotopic (exact) mass is 183 g/mol. The molecule has 1 rings (SSSR count). The number of rotatable bonds is 1. The molecule has 0 saturated heterocycles. The van der Waals surface area contributed by atoms with Gasteiger partial charge >= 0.3 is 0 Å². The molecule has 0 fully saturated rings. The molecule has 0 spiro atoms. The molecule has 0 radical (unpaired) electrons. The van der Waals surface area contributed by atoms with Gasteiger partial charge in [0.05, 0.1) is 11.6 Å². The summed E-state index contributed by atoms with van der Waals surface area (Å²) in [5, 5.41) is 8.58. The van der Waals surface area contributed by atoms with Gasteiger partial charge < -0.3 is 5.43 Å². The number of nitrogens with zero attached hydrogens (tertiary/aromatic N) is 1. The number of nitriles is 1. The second-order valence-corrected chi connectivity index (χ2v) is 2.29. The third kappa shape index (κ3) is 2.12. The van der Waals surface area contributed by atoms with Gasteiger partial charge in [-0.1, -0.05) is 0 Å². The molecule has 0 amide bonds. The lowest BCUT2D eigenvalue weighted by molar-refractivity contribution is 1.32. The Bertz CT molecular complexity index is 304. The quantitative estimate of drug-likeness (QED) is 0.513. The van der Waals surface area contributed by atoms with Gasteiger partial charge in [0.1, 0.15) is 0 Å². The molecule has 0 bridgehead atoms. The summed E-state index contributed by atoms with van der Waals surface area (Å²) >= 11 is 0. The van der Waals surface area contributed by atoms with Gasteiger partial charge in [0.25, 0.3) is 0 Å². The predicted octanol–water partition coefficient (Wildman–Crippen LogP) is 1.57. The van der Waals surface area contributed by atoms with Crippen molar-refractivity contribution in [3.05, 3.63) is 29.3 Å². The maximum absolute atomic E-state index is 8.58. The number of nitrogens with two attached hydrogens (primary N) is 1. The summed E-state index contributed by atoms with van der Waals surface area (Å²) in [6, 6.07) is 7.42. The molecule has 12 heavy (non-hydrogen) atoms. The fraction of sp³-hybridized carbons (Fsp3) is 0.125. The molecule has 0 aromatic heterocycles. The van der Waals surface area contributed by atoms with Crippen molar-refractivity contribution in [2.75, 3.05) is 5.43 Å². The van der Waals surface area contributed by atoms with E-state index in [4.69, 9.17) is 11.1 Å². The van der Waals surface area contributed by atoms with E-state index in [0.717, 1.165) is 11.3 Å². The number of anilines is 1. The van der Waals surface area contributed by atoms with Crippen LogP contribution in [0.15, 0.2) is 18.2 Å². The molecule has 1 aromatic carbocycles. The molecule has 0 aliphatic rings. The molecule has 4 heteroatoms. The van der Waals surface area contributed by atoms with Crippen LogP contribution >= 0.6 is 12.4 Å². The van der Waals surface area contributed by atoms with E-state index >= 15 is 0 Å². The van der Waals surface area contributed by atoms with Gasteiger partial charge in [0, 0.05) is 5.69 Å². The van der Waals surface area contributed by atoms with E-state index in [1.165, 1.54) is 0 Å². The first-order valence-corrected chi connectivity index (χ1v) is 3.25. The van der Waals surface area contributed by atoms with E-state index in [1.807, 2.05) is 13.0 Å². The highest BCUT2D eigenvalue weighted by atomic mass is 35.5. The van der Waals surface area contributed by atoms with Crippen LogP contribution in [-0.4, -0.2) is 0 Å². The summed E-state index contributed by atoms with van der Waals surface area (Å²) in [5.41, 5.74) is 4.95. The zero-order valence-electron chi connectivity index (χ0n) is 6.66. The molecule has 3 N–H and O–H groups in total. The largest absolute Gasteiger partial charge is 0.324 e. The SMILES string of the molecule is Cc1cc(NN)ccc1C#N.Cl. The summed E-state index contributed by atoms with van der Waals surface area (Å²) in [6.45, 7) is 1.87. The Morgan fingerprint density at radius 2 is 2.17 bits per heavy atom. The first-order chi connectivity index (χ1) is 5.27. The van der Waals surface area contributed by atoms with Crippen LogP contribution in [0.4, 0.5) is 5.69 Å². The fourth-order valence-corrected chi connectivity index (χ4v) is 0.879. The number of aryl methyl sites for hydroxylation is 1. The molecule has 0 aliphatic heterocycles. The van der Waals surface area contributed by atoms with Crippen molar-refractivity contribution >= 4 is 18.1 Å². The third-order valence-corrected chi connectivity index (χ3v) is 1.51. The van der Waals surface area contributed by atoms with Crippen LogP contribution in [0.2, 0.25) is 0 Å². The Morgan fingerprint density at radius 3 is 2.58 bits per heavy atom. The van der Waals surface area contributed by atoms with E-state index < -0.39 is 0 Å². The Kier molecular flexibility index (Phi) is 4.12. The maximum Gasteiger partial charge on any atom is 0.0994 e. The topological polar surface area (TPSA) is 61.8 Å². The zero-order valence-corrected chi connectivity index (χ0v) is 7.48. The van der Waals surface area contributed by atoms with Crippen molar-refractivity contribution in [1.29, 1.82) is 5.26 Å². The van der Waals surface area contributed by atoms with Crippen LogP contribution in [-0.2, 0) is 0 Å². The highest BCUT2D eigenvalue weighted by molar-refractivity contribution is 5.85. The molecular formula is C8H10ClN3. The Balaban J connectivity index is 0.00000121. The van der Waals surface area contributed by atoms with Crippen LogP contribution in [0.25, 0.3) is 0 Å². The Labute approximate surface area is 77.6 Å². The van der Waals surface area contributed by atoms with Crippen molar-refractivity contribution in [2.45, 2.75) is 6.92 Å². The molecule has 0 unspecified atom stereocenters. The van der Waals surface area contributed by atoms with Gasteiger partial charge in [-0.25, -0.2) is 0 Å². The molecular weight excluding hydrogens is 174 g/mol. The predicted molar refractivity (Wildman–Crippen MR) is 51.0 cm³/mol. The number of benzene rings is 1. The van der Waals surface area contributed by atoms with Gasteiger partial charge in [0.15, 0.2) is 0 Å². The van der Waals surface area contributed by atoms with Gasteiger partial charge in [-0.2, -0.15) is 5.26 Å². The van der Waals surface area contributed by atoms with E-state index in [2.05, 4.69) is 11.5 Å². The van der Waals surface area contributed by atoms with E-state index in [0.29, 0.717) is 5.56 Å². The Hall–Kier alpha value is -1.24. The normalized spacial score (nSPS) is 8.08. The van der Waals surface area contributed by atoms with Crippen molar-refractivity contribution in [2.24, 2.45) is 5.84 Å². The summed E-state index contributed by atoms with van der Waals surface area (Å²) < 4.78 is 0. The van der Waals surface area contributed by atoms with Crippen molar-refractivity contribution in [3.8, 4) is 6.07 Å². The van der Waals surface area contributed by atoms with Gasteiger partial charge in [0.2, 0.25) is 0 Å². The maximum atomic E-state index is 8.58. The highest BCUT2D eigenvalue weighted by Crippen LogP contribution is 2.12. The fourth-order valence-electron chi connectivity index (χ4n) is 0.879. The zero-order chi connectivity index (χ0) is 8.27. The van der Waals surface area contributed by atoms with Crippen LogP contribution < -0.4 is 11.3 Å². The molecule has 0 saturated carbocycles. The number of hydrogen-bond donors (Lipinski definition) is 2. The summed E-state index contributed by atoms with van der Waals surface area (Å²) in [6.07, 6.45) is 0. The lowest BCUT2D eigenvalue weighted by Crippen LogP contribution is -2.06. The van der Waals surface area contributed by atoms with Crippen molar-refractivity contribution in [1.82, 2.24) is 0 Å². The van der Waals surface area contributed by atoms with Crippen molar-refractivity contribution in [3.63, 3.8) is 0 Å². The number of halogens is 1. The minimum atomic E-state index is 0. The molecule has 0 heterocycles. The van der Waals surface area contributed by atoms with E-state index in [1.54, 1.807) is 12.1 Å². The smallest absolute Gasteiger partial charge is 0.0994 e. The average molecular weight is 184 g/mol. The third-order valence-electron chi connectivity index (χ3n) is 1.51. The summed E-state index contributed by atoms with van der Waals surface area (Å²) in [7, 11) is 0. The first-order valence-electron chi connectivity index (χ1n) is 3.25. The molecule has 1 aromatic rings. The molecule has 3 nitrogen and oxygen atoms in total. The number of hydrogen-bond acceptors (Lipinski definition) is 3. The van der Waals surface area contributed by atoms with E-state index in [9.17, 15) is 0 Å². The lowest BCUT2D eigenvalue weighted by Gasteiger charge is -2.01. The lowest BCUT2D eigenvalue weighted by atomic mass is 10.1. The average Bonchev–Trinajstić information content (AvgIpc) is 2.04. The summed E-state index contributed by atoms with van der Waals surface area (Å²) in [4.78, 5) is 0. The standard InChI is InChI=1S/C8H9N3.ClH/c1-6-4-8(11-10)3-2-7(6)5-9;/h2-4,11H,10H2,1H3;1H. The number of hydrazine groups is 1. The van der Waals surface area contributed by atoms with E-state index in [-0.39, 0.29) is 12.4 Å². The second kappa shape index (κ2) is 4.60. The minimum Gasteiger partial charge on any atom is -0.324 e. The summed E-state index contributed by atoms with van der Waals surface area (Å²) in [5.74, 6) is 5.18. The van der Waals surface area contributed by atoms with Crippen LogP contribution in [0.3, 0.4) is 0 Å². The highest BCUT2D eigenvalue weighted by Gasteiger charge is 1.96. The second-order valence-electron chi connectivity index (χ2n) is 2.29. The van der Waals surface area contributed by atoms with Gasteiger partial charge in [-0.15, -0.1) is 12.4 Å². The van der Waals surface area contributed by atoms with Crippen molar-refractivity contribution < 1.29 is 0 Å². The van der Waals surface area contributed by atoms with Crippen LogP contribution in [0.5, 0.6) is 0 Å². The molecule has 64 valence electrons. The Morgan fingerprint density at radius 1 is 1.50 bits per heavy atom. The molecule has 0 atom stereocenters. The van der Waals surface area contributed by atoms with Gasteiger partial charge in [-0.05, 0) is 30.7 Å². The first kappa shape index (κ1) is 10.8. The van der Waals surface area contributed by atoms with Gasteiger partial charge in [-0.3, -0.25) is 5.84 Å². The number of nitrogens with one attached hydrogen (secondary N) is 1. The van der Waals surface area contributed by atoms with Crippen LogP contribution in [0, 0.1) is 18.3 Å². The van der Waals surface area contributed by atoms with Crippen LogP contribution in [0.1, 0.15) is 11.1 Å². The number of nitrogen functional groups attached to an aromatic ring is 1. The minimum absolute atomic E-state index is 0. The molecule has 0 aliphatic carbocycles.